The van der Waals surface area contributed by atoms with Crippen molar-refractivity contribution in [2.24, 2.45) is 0 Å². The second kappa shape index (κ2) is 5.22. The molecule has 1 aromatic heterocycles. The molecule has 0 saturated heterocycles. The first-order valence-electron chi connectivity index (χ1n) is 3.86. The van der Waals surface area contributed by atoms with E-state index in [0.29, 0.717) is 10.3 Å². The average Bonchev–Trinajstić information content (AvgIpc) is 2.03. The van der Waals surface area contributed by atoms with Crippen molar-refractivity contribution in [2.75, 3.05) is 13.6 Å². The summed E-state index contributed by atoms with van der Waals surface area (Å²) < 4.78 is 0. The van der Waals surface area contributed by atoms with Gasteiger partial charge in [0.2, 0.25) is 0 Å². The minimum absolute atomic E-state index is 0.414. The quantitative estimate of drug-likeness (QED) is 0.787. The van der Waals surface area contributed by atoms with E-state index >= 15 is 0 Å². The van der Waals surface area contributed by atoms with Crippen LogP contribution in [0, 0.1) is 0 Å². The zero-order valence-corrected chi connectivity index (χ0v) is 8.73. The van der Waals surface area contributed by atoms with E-state index in [9.17, 15) is 0 Å². The molecule has 13 heavy (non-hydrogen) atoms. The standard InChI is InChI=1S/C9H10Cl2N2/c1-12-4-2-3-7-5-8(10)13-9(11)6-7/h2-3,5-6,12H,4H2,1H3. The molecule has 0 aromatic carbocycles. The first-order chi connectivity index (χ1) is 6.22. The third-order valence-corrected chi connectivity index (χ3v) is 1.80. The van der Waals surface area contributed by atoms with Gasteiger partial charge in [0.05, 0.1) is 0 Å². The lowest BCUT2D eigenvalue weighted by Gasteiger charge is -1.96. The molecule has 0 aliphatic heterocycles. The minimum Gasteiger partial charge on any atom is -0.316 e. The summed E-state index contributed by atoms with van der Waals surface area (Å²) in [6.45, 7) is 0.817. The normalized spacial score (nSPS) is 11.0. The third-order valence-electron chi connectivity index (χ3n) is 1.42. The van der Waals surface area contributed by atoms with Gasteiger partial charge in [-0.25, -0.2) is 4.98 Å². The Morgan fingerprint density at radius 1 is 1.38 bits per heavy atom. The van der Waals surface area contributed by atoms with Crippen LogP contribution in [0.25, 0.3) is 6.08 Å². The van der Waals surface area contributed by atoms with Crippen LogP contribution in [0.4, 0.5) is 0 Å². The number of nitrogens with one attached hydrogen (secondary N) is 1. The lowest BCUT2D eigenvalue weighted by Crippen LogP contribution is -2.03. The predicted octanol–water partition coefficient (Wildman–Crippen LogP) is 2.62. The van der Waals surface area contributed by atoms with Crippen molar-refractivity contribution in [1.82, 2.24) is 10.3 Å². The maximum atomic E-state index is 5.72. The molecule has 0 bridgehead atoms. The van der Waals surface area contributed by atoms with Gasteiger partial charge in [0.25, 0.3) is 0 Å². The molecule has 0 unspecified atom stereocenters. The zero-order valence-electron chi connectivity index (χ0n) is 7.22. The fourth-order valence-corrected chi connectivity index (χ4v) is 1.37. The summed E-state index contributed by atoms with van der Waals surface area (Å²) in [5.41, 5.74) is 0.959. The van der Waals surface area contributed by atoms with Crippen molar-refractivity contribution in [3.05, 3.63) is 34.1 Å². The molecule has 0 amide bonds. The Labute approximate surface area is 87.6 Å². The van der Waals surface area contributed by atoms with E-state index < -0.39 is 0 Å². The summed E-state index contributed by atoms with van der Waals surface area (Å²) in [4.78, 5) is 3.84. The van der Waals surface area contributed by atoms with Crippen LogP contribution in [-0.4, -0.2) is 18.6 Å². The first-order valence-corrected chi connectivity index (χ1v) is 4.62. The van der Waals surface area contributed by atoms with Gasteiger partial charge in [-0.1, -0.05) is 35.4 Å². The Bertz CT molecular complexity index is 290. The van der Waals surface area contributed by atoms with Gasteiger partial charge in [-0.3, -0.25) is 0 Å². The highest BCUT2D eigenvalue weighted by atomic mass is 35.5. The van der Waals surface area contributed by atoms with Crippen LogP contribution in [0.5, 0.6) is 0 Å². The van der Waals surface area contributed by atoms with Gasteiger partial charge < -0.3 is 5.32 Å². The van der Waals surface area contributed by atoms with Crippen LogP contribution in [0.2, 0.25) is 10.3 Å². The summed E-state index contributed by atoms with van der Waals surface area (Å²) in [6, 6.07) is 3.53. The number of hydrogen-bond acceptors (Lipinski definition) is 2. The van der Waals surface area contributed by atoms with Crippen LogP contribution in [-0.2, 0) is 0 Å². The number of likely N-dealkylation sites (N-methyl/N-ethyl adjacent to an activating group) is 1. The van der Waals surface area contributed by atoms with Gasteiger partial charge in [-0.2, -0.15) is 0 Å². The van der Waals surface area contributed by atoms with E-state index in [1.54, 1.807) is 12.1 Å². The molecule has 1 rings (SSSR count). The lowest BCUT2D eigenvalue weighted by atomic mass is 10.2. The van der Waals surface area contributed by atoms with Crippen LogP contribution < -0.4 is 5.32 Å². The van der Waals surface area contributed by atoms with E-state index in [1.807, 2.05) is 19.2 Å². The Morgan fingerprint density at radius 2 is 2.00 bits per heavy atom. The van der Waals surface area contributed by atoms with Gasteiger partial charge in [0.15, 0.2) is 0 Å². The van der Waals surface area contributed by atoms with E-state index in [-0.39, 0.29) is 0 Å². The molecule has 0 saturated carbocycles. The molecule has 0 fully saturated rings. The highest BCUT2D eigenvalue weighted by Crippen LogP contribution is 2.15. The Hall–Kier alpha value is -0.570. The molecular weight excluding hydrogens is 207 g/mol. The van der Waals surface area contributed by atoms with Crippen molar-refractivity contribution in [1.29, 1.82) is 0 Å². The summed E-state index contributed by atoms with van der Waals surface area (Å²) in [6.07, 6.45) is 3.93. The molecule has 0 radical (unpaired) electrons. The van der Waals surface area contributed by atoms with E-state index in [1.165, 1.54) is 0 Å². The van der Waals surface area contributed by atoms with Crippen molar-refractivity contribution < 1.29 is 0 Å². The molecular formula is C9H10Cl2N2. The number of hydrogen-bond donors (Lipinski definition) is 1. The van der Waals surface area contributed by atoms with Crippen LogP contribution in [0.1, 0.15) is 5.56 Å². The van der Waals surface area contributed by atoms with Gasteiger partial charge in [0, 0.05) is 6.54 Å². The second-order valence-electron chi connectivity index (χ2n) is 2.51. The molecule has 0 aliphatic carbocycles. The average molecular weight is 217 g/mol. The van der Waals surface area contributed by atoms with Crippen molar-refractivity contribution >= 4 is 29.3 Å². The molecule has 1 N–H and O–H groups in total. The summed E-state index contributed by atoms with van der Waals surface area (Å²) >= 11 is 11.4. The topological polar surface area (TPSA) is 24.9 Å². The molecule has 4 heteroatoms. The number of aromatic nitrogens is 1. The summed E-state index contributed by atoms with van der Waals surface area (Å²) in [5, 5.41) is 3.83. The number of nitrogens with zero attached hydrogens (tertiary/aromatic N) is 1. The molecule has 1 aromatic rings. The molecule has 0 aliphatic rings. The zero-order chi connectivity index (χ0) is 9.68. The van der Waals surface area contributed by atoms with Gasteiger partial charge in [-0.05, 0) is 24.7 Å². The Morgan fingerprint density at radius 3 is 2.54 bits per heavy atom. The SMILES string of the molecule is CNCC=Cc1cc(Cl)nc(Cl)c1. The number of halogens is 2. The smallest absolute Gasteiger partial charge is 0.131 e. The second-order valence-corrected chi connectivity index (χ2v) is 3.28. The maximum absolute atomic E-state index is 5.72. The van der Waals surface area contributed by atoms with Crippen LogP contribution in [0.3, 0.4) is 0 Å². The highest BCUT2D eigenvalue weighted by molar-refractivity contribution is 6.32. The predicted molar refractivity (Wildman–Crippen MR) is 57.2 cm³/mol. The summed E-state index contributed by atoms with van der Waals surface area (Å²) in [5.74, 6) is 0. The van der Waals surface area contributed by atoms with Crippen molar-refractivity contribution in [3.63, 3.8) is 0 Å². The first kappa shape index (κ1) is 10.5. The van der Waals surface area contributed by atoms with E-state index in [0.717, 1.165) is 12.1 Å². The summed E-state index contributed by atoms with van der Waals surface area (Å²) in [7, 11) is 1.89. The molecule has 70 valence electrons. The van der Waals surface area contributed by atoms with E-state index in [4.69, 9.17) is 23.2 Å². The third kappa shape index (κ3) is 3.77. The monoisotopic (exact) mass is 216 g/mol. The van der Waals surface area contributed by atoms with E-state index in [2.05, 4.69) is 10.3 Å². The van der Waals surface area contributed by atoms with Gasteiger partial charge in [-0.15, -0.1) is 0 Å². The fourth-order valence-electron chi connectivity index (χ4n) is 0.892. The van der Waals surface area contributed by atoms with Crippen LogP contribution in [0.15, 0.2) is 18.2 Å². The lowest BCUT2D eigenvalue weighted by molar-refractivity contribution is 0.922. The van der Waals surface area contributed by atoms with Crippen LogP contribution >= 0.6 is 23.2 Å². The minimum atomic E-state index is 0.414. The number of rotatable bonds is 3. The fraction of sp³-hybridized carbons (Fsp3) is 0.222. The maximum Gasteiger partial charge on any atom is 0.131 e. The molecule has 2 nitrogen and oxygen atoms in total. The highest BCUT2D eigenvalue weighted by Gasteiger charge is 1.95. The molecule has 0 spiro atoms. The Balaban J connectivity index is 2.77. The largest absolute Gasteiger partial charge is 0.316 e. The Kier molecular flexibility index (Phi) is 4.22. The molecule has 1 heterocycles. The van der Waals surface area contributed by atoms with Crippen molar-refractivity contribution in [3.8, 4) is 0 Å². The molecule has 0 atom stereocenters. The van der Waals surface area contributed by atoms with Gasteiger partial charge in [0.1, 0.15) is 10.3 Å². The van der Waals surface area contributed by atoms with Crippen molar-refractivity contribution in [2.45, 2.75) is 0 Å². The van der Waals surface area contributed by atoms with Gasteiger partial charge >= 0.3 is 0 Å². The number of pyridine rings is 1.